The van der Waals surface area contributed by atoms with Gasteiger partial charge in [-0.05, 0) is 72.7 Å². The third-order valence-corrected chi connectivity index (χ3v) is 4.43. The van der Waals surface area contributed by atoms with Gasteiger partial charge in [0.1, 0.15) is 0 Å². The fourth-order valence-electron chi connectivity index (χ4n) is 3.14. The smallest absolute Gasteiger partial charge is 0.0387 e. The number of benzene rings is 2. The van der Waals surface area contributed by atoms with Crippen LogP contribution in [0.25, 0.3) is 0 Å². The highest BCUT2D eigenvalue weighted by atomic mass is 15.1. The molecule has 0 saturated carbocycles. The van der Waals surface area contributed by atoms with Crippen LogP contribution < -0.4 is 10.2 Å². The van der Waals surface area contributed by atoms with E-state index in [1.807, 2.05) is 0 Å². The van der Waals surface area contributed by atoms with Crippen LogP contribution in [0, 0.1) is 0 Å². The molecule has 0 fully saturated rings. The number of anilines is 3. The molecule has 0 bridgehead atoms. The molecule has 0 heterocycles. The van der Waals surface area contributed by atoms with Crippen LogP contribution in [0.1, 0.15) is 36.8 Å². The van der Waals surface area contributed by atoms with Gasteiger partial charge in [-0.3, -0.25) is 0 Å². The van der Waals surface area contributed by atoms with E-state index in [-0.39, 0.29) is 0 Å². The molecule has 2 aromatic carbocycles. The maximum atomic E-state index is 3.52. The fraction of sp³-hybridized carbons (Fsp3) is 0.368. The van der Waals surface area contributed by atoms with Crippen molar-refractivity contribution < 1.29 is 0 Å². The van der Waals surface area contributed by atoms with Gasteiger partial charge in [-0.1, -0.05) is 13.0 Å². The molecule has 3 rings (SSSR count). The van der Waals surface area contributed by atoms with E-state index in [2.05, 4.69) is 73.7 Å². The summed E-state index contributed by atoms with van der Waals surface area (Å²) in [5.74, 6) is 0.710. The maximum absolute atomic E-state index is 3.52. The highest BCUT2D eigenvalue weighted by Crippen LogP contribution is 2.33. The Labute approximate surface area is 127 Å². The fourth-order valence-corrected chi connectivity index (χ4v) is 3.14. The predicted octanol–water partition coefficient (Wildman–Crippen LogP) is 4.94. The quantitative estimate of drug-likeness (QED) is 0.857. The van der Waals surface area contributed by atoms with Crippen LogP contribution in [0.3, 0.4) is 0 Å². The zero-order chi connectivity index (χ0) is 14.8. The molecule has 1 aliphatic carbocycles. The van der Waals surface area contributed by atoms with E-state index in [0.29, 0.717) is 5.92 Å². The molecular formula is C19H24N2. The third kappa shape index (κ3) is 3.05. The molecular weight excluding hydrogens is 256 g/mol. The van der Waals surface area contributed by atoms with E-state index in [9.17, 15) is 0 Å². The molecule has 21 heavy (non-hydrogen) atoms. The van der Waals surface area contributed by atoms with Crippen LogP contribution in [-0.4, -0.2) is 14.1 Å². The van der Waals surface area contributed by atoms with Crippen molar-refractivity contribution in [3.05, 3.63) is 53.6 Å². The van der Waals surface area contributed by atoms with Crippen molar-refractivity contribution in [1.82, 2.24) is 0 Å². The molecule has 0 unspecified atom stereocenters. The normalized spacial score (nSPS) is 17.2. The summed E-state index contributed by atoms with van der Waals surface area (Å²) in [6.07, 6.45) is 3.86. The average Bonchev–Trinajstić information content (AvgIpc) is 2.48. The number of nitrogens with zero attached hydrogens (tertiary/aromatic N) is 1. The van der Waals surface area contributed by atoms with Gasteiger partial charge in [0.05, 0.1) is 0 Å². The Balaban J connectivity index is 1.79. The van der Waals surface area contributed by atoms with Crippen molar-refractivity contribution >= 4 is 17.1 Å². The summed E-state index contributed by atoms with van der Waals surface area (Å²) in [7, 11) is 4.13. The first kappa shape index (κ1) is 14.0. The molecule has 2 heteroatoms. The second-order valence-electron chi connectivity index (χ2n) is 6.27. The molecule has 0 radical (unpaired) electrons. The number of fused-ring (bicyclic) bond motifs is 1. The molecule has 0 aromatic heterocycles. The van der Waals surface area contributed by atoms with Crippen LogP contribution in [-0.2, 0) is 6.42 Å². The zero-order valence-electron chi connectivity index (χ0n) is 13.2. The van der Waals surface area contributed by atoms with Crippen LogP contribution >= 0.6 is 0 Å². The molecule has 1 aliphatic rings. The summed E-state index contributed by atoms with van der Waals surface area (Å²) in [4.78, 5) is 2.12. The summed E-state index contributed by atoms with van der Waals surface area (Å²) < 4.78 is 0. The Morgan fingerprint density at radius 1 is 1.00 bits per heavy atom. The predicted molar refractivity (Wildman–Crippen MR) is 91.8 cm³/mol. The third-order valence-electron chi connectivity index (χ3n) is 4.43. The Bertz CT molecular complexity index is 614. The van der Waals surface area contributed by atoms with Gasteiger partial charge in [0.15, 0.2) is 0 Å². The lowest BCUT2D eigenvalue weighted by Crippen LogP contribution is -2.08. The topological polar surface area (TPSA) is 15.3 Å². The SMILES string of the molecule is C[C@@H]1CCCc2cc(Nc3ccc(N(C)C)cc3)ccc21. The molecule has 2 nitrogen and oxygen atoms in total. The van der Waals surface area contributed by atoms with Crippen LogP contribution in [0.5, 0.6) is 0 Å². The van der Waals surface area contributed by atoms with Crippen molar-refractivity contribution in [2.24, 2.45) is 0 Å². The summed E-state index contributed by atoms with van der Waals surface area (Å²) in [5, 5.41) is 3.52. The van der Waals surface area contributed by atoms with Crippen LogP contribution in [0.4, 0.5) is 17.1 Å². The minimum atomic E-state index is 0.710. The second-order valence-corrected chi connectivity index (χ2v) is 6.27. The van der Waals surface area contributed by atoms with E-state index in [1.165, 1.54) is 41.8 Å². The van der Waals surface area contributed by atoms with Crippen molar-refractivity contribution in [1.29, 1.82) is 0 Å². The van der Waals surface area contributed by atoms with E-state index in [4.69, 9.17) is 0 Å². The molecule has 2 aromatic rings. The summed E-state index contributed by atoms with van der Waals surface area (Å²) >= 11 is 0. The highest BCUT2D eigenvalue weighted by molar-refractivity contribution is 5.64. The molecule has 0 amide bonds. The van der Waals surface area contributed by atoms with Gasteiger partial charge in [0, 0.05) is 31.2 Å². The lowest BCUT2D eigenvalue weighted by Gasteiger charge is -2.23. The monoisotopic (exact) mass is 280 g/mol. The van der Waals surface area contributed by atoms with Crippen molar-refractivity contribution in [2.75, 3.05) is 24.3 Å². The first-order chi connectivity index (χ1) is 10.1. The molecule has 1 atom stereocenters. The first-order valence-corrected chi connectivity index (χ1v) is 7.81. The minimum absolute atomic E-state index is 0.710. The lowest BCUT2D eigenvalue weighted by molar-refractivity contribution is 0.590. The molecule has 1 N–H and O–H groups in total. The van der Waals surface area contributed by atoms with Gasteiger partial charge in [0.25, 0.3) is 0 Å². The molecule has 0 spiro atoms. The number of hydrogen-bond donors (Lipinski definition) is 1. The molecule has 0 aliphatic heterocycles. The maximum Gasteiger partial charge on any atom is 0.0387 e. The largest absolute Gasteiger partial charge is 0.378 e. The van der Waals surface area contributed by atoms with E-state index in [1.54, 1.807) is 0 Å². The zero-order valence-corrected chi connectivity index (χ0v) is 13.2. The van der Waals surface area contributed by atoms with Gasteiger partial charge >= 0.3 is 0 Å². The number of nitrogens with one attached hydrogen (secondary N) is 1. The van der Waals surface area contributed by atoms with Crippen molar-refractivity contribution in [3.63, 3.8) is 0 Å². The highest BCUT2D eigenvalue weighted by Gasteiger charge is 2.16. The molecule has 110 valence electrons. The Hall–Kier alpha value is -1.96. The first-order valence-electron chi connectivity index (χ1n) is 7.81. The van der Waals surface area contributed by atoms with Crippen molar-refractivity contribution in [3.8, 4) is 0 Å². The van der Waals surface area contributed by atoms with E-state index in [0.717, 1.165) is 5.69 Å². The minimum Gasteiger partial charge on any atom is -0.378 e. The van der Waals surface area contributed by atoms with Gasteiger partial charge in [-0.15, -0.1) is 0 Å². The Kier molecular flexibility index (Phi) is 3.87. The van der Waals surface area contributed by atoms with Gasteiger partial charge in [-0.25, -0.2) is 0 Å². The Morgan fingerprint density at radius 3 is 2.43 bits per heavy atom. The van der Waals surface area contributed by atoms with Gasteiger partial charge < -0.3 is 10.2 Å². The van der Waals surface area contributed by atoms with Gasteiger partial charge in [0.2, 0.25) is 0 Å². The van der Waals surface area contributed by atoms with E-state index >= 15 is 0 Å². The summed E-state index contributed by atoms with van der Waals surface area (Å²) in [6, 6.07) is 15.4. The number of aryl methyl sites for hydroxylation is 1. The standard InChI is InChI=1S/C19H24N2/c1-14-5-4-6-15-13-17(9-12-19(14)15)20-16-7-10-18(11-8-16)21(2)3/h7-14,20H,4-6H2,1-3H3/t14-/m1/s1. The van der Waals surface area contributed by atoms with Crippen LogP contribution in [0.2, 0.25) is 0 Å². The summed E-state index contributed by atoms with van der Waals surface area (Å²) in [6.45, 7) is 2.34. The van der Waals surface area contributed by atoms with Crippen LogP contribution in [0.15, 0.2) is 42.5 Å². The number of hydrogen-bond acceptors (Lipinski definition) is 2. The van der Waals surface area contributed by atoms with Crippen molar-refractivity contribution in [2.45, 2.75) is 32.1 Å². The number of rotatable bonds is 3. The molecule has 0 saturated heterocycles. The summed E-state index contributed by atoms with van der Waals surface area (Å²) in [5.41, 5.74) is 6.61. The van der Waals surface area contributed by atoms with E-state index < -0.39 is 0 Å². The Morgan fingerprint density at radius 2 is 1.71 bits per heavy atom. The second kappa shape index (κ2) is 5.80. The lowest BCUT2D eigenvalue weighted by atomic mass is 9.84. The average molecular weight is 280 g/mol. The van der Waals surface area contributed by atoms with Gasteiger partial charge in [-0.2, -0.15) is 0 Å².